The summed E-state index contributed by atoms with van der Waals surface area (Å²) in [6.45, 7) is 5.66. The zero-order chi connectivity index (χ0) is 19.2. The molecule has 0 fully saturated rings. The lowest BCUT2D eigenvalue weighted by molar-refractivity contribution is 0.0993. The highest BCUT2D eigenvalue weighted by Crippen LogP contribution is 2.34. The van der Waals surface area contributed by atoms with Gasteiger partial charge in [0.2, 0.25) is 0 Å². The van der Waals surface area contributed by atoms with Gasteiger partial charge in [0.05, 0.1) is 0 Å². The van der Waals surface area contributed by atoms with Crippen molar-refractivity contribution in [3.8, 4) is 17.2 Å². The van der Waals surface area contributed by atoms with Gasteiger partial charge in [-0.1, -0.05) is 32.0 Å². The third-order valence-corrected chi connectivity index (χ3v) is 4.43. The Hall–Kier alpha value is -2.31. The van der Waals surface area contributed by atoms with E-state index >= 15 is 0 Å². The molecule has 0 unspecified atom stereocenters. The van der Waals surface area contributed by atoms with E-state index in [-0.39, 0.29) is 18.4 Å². The Kier molecular flexibility index (Phi) is 6.53. The van der Waals surface area contributed by atoms with Crippen molar-refractivity contribution in [2.45, 2.75) is 26.0 Å². The second-order valence-electron chi connectivity index (χ2n) is 6.93. The largest absolute Gasteiger partial charge is 0.488 e. The van der Waals surface area contributed by atoms with Crippen molar-refractivity contribution in [1.29, 1.82) is 0 Å². The van der Waals surface area contributed by atoms with Crippen LogP contribution in [-0.2, 0) is 0 Å². The highest BCUT2D eigenvalue weighted by atomic mass is 19.1. The Morgan fingerprint density at radius 3 is 2.59 bits per heavy atom. The van der Waals surface area contributed by atoms with Crippen LogP contribution in [0.4, 0.5) is 4.39 Å². The maximum Gasteiger partial charge on any atom is 0.165 e. The highest BCUT2D eigenvalue weighted by Gasteiger charge is 2.20. The molecule has 0 saturated heterocycles. The minimum Gasteiger partial charge on any atom is -0.488 e. The summed E-state index contributed by atoms with van der Waals surface area (Å²) in [6, 6.07) is 12.1. The van der Waals surface area contributed by atoms with E-state index < -0.39 is 11.9 Å². The molecule has 2 N–H and O–H groups in total. The summed E-state index contributed by atoms with van der Waals surface area (Å²) in [5, 5.41) is 13.6. The van der Waals surface area contributed by atoms with E-state index in [1.54, 1.807) is 18.2 Å². The lowest BCUT2D eigenvalue weighted by Crippen LogP contribution is -2.36. The first-order valence-electron chi connectivity index (χ1n) is 9.23. The molecule has 0 spiro atoms. The molecule has 6 heteroatoms. The first kappa shape index (κ1) is 19.5. The van der Waals surface area contributed by atoms with Gasteiger partial charge in [-0.25, -0.2) is 4.39 Å². The molecule has 0 aliphatic carbocycles. The Morgan fingerprint density at radius 2 is 1.85 bits per heavy atom. The Bertz CT molecular complexity index is 753. The van der Waals surface area contributed by atoms with Crippen LogP contribution in [-0.4, -0.2) is 37.6 Å². The van der Waals surface area contributed by atoms with Gasteiger partial charge < -0.3 is 24.6 Å². The zero-order valence-corrected chi connectivity index (χ0v) is 15.7. The highest BCUT2D eigenvalue weighted by molar-refractivity contribution is 5.44. The fraction of sp³-hybridized carbons (Fsp3) is 0.429. The van der Waals surface area contributed by atoms with E-state index in [9.17, 15) is 9.50 Å². The van der Waals surface area contributed by atoms with E-state index in [0.717, 1.165) is 17.1 Å². The van der Waals surface area contributed by atoms with Crippen LogP contribution < -0.4 is 19.5 Å². The standard InChI is InChI=1S/C21H26FNO4/c1-14(2)21(15-7-8-19-20(11-15)26-10-9-25-19)23-12-16(24)13-27-18-6-4-3-5-17(18)22/h3-8,11,14,16,21,23-24H,9-10,12-13H2,1-2H3/t16-,21+/m0/s1. The van der Waals surface area contributed by atoms with E-state index in [4.69, 9.17) is 14.2 Å². The second kappa shape index (κ2) is 9.06. The molecule has 0 bridgehead atoms. The number of hydrogen-bond donors (Lipinski definition) is 2. The van der Waals surface area contributed by atoms with Crippen molar-refractivity contribution >= 4 is 0 Å². The number of hydrogen-bond acceptors (Lipinski definition) is 5. The molecule has 0 radical (unpaired) electrons. The van der Waals surface area contributed by atoms with Crippen molar-refractivity contribution in [2.75, 3.05) is 26.4 Å². The molecule has 0 amide bonds. The van der Waals surface area contributed by atoms with Crippen LogP contribution in [0.15, 0.2) is 42.5 Å². The average Bonchev–Trinajstić information content (AvgIpc) is 2.67. The monoisotopic (exact) mass is 375 g/mol. The smallest absolute Gasteiger partial charge is 0.165 e. The Balaban J connectivity index is 1.57. The van der Waals surface area contributed by atoms with Crippen molar-refractivity contribution in [1.82, 2.24) is 5.32 Å². The van der Waals surface area contributed by atoms with Gasteiger partial charge in [0, 0.05) is 12.6 Å². The van der Waals surface area contributed by atoms with Gasteiger partial charge in [-0.05, 0) is 35.7 Å². The van der Waals surface area contributed by atoms with Crippen LogP contribution in [0, 0.1) is 11.7 Å². The molecule has 1 aliphatic heterocycles. The van der Waals surface area contributed by atoms with Gasteiger partial charge in [-0.15, -0.1) is 0 Å². The lowest BCUT2D eigenvalue weighted by Gasteiger charge is -2.26. The zero-order valence-electron chi connectivity index (χ0n) is 15.7. The summed E-state index contributed by atoms with van der Waals surface area (Å²) >= 11 is 0. The van der Waals surface area contributed by atoms with Crippen LogP contribution in [0.3, 0.4) is 0 Å². The quantitative estimate of drug-likeness (QED) is 0.741. The normalized spacial score (nSPS) is 15.4. The predicted molar refractivity (Wildman–Crippen MR) is 101 cm³/mol. The van der Waals surface area contributed by atoms with Crippen LogP contribution in [0.2, 0.25) is 0 Å². The van der Waals surface area contributed by atoms with Crippen LogP contribution in [0.25, 0.3) is 0 Å². The van der Waals surface area contributed by atoms with Gasteiger partial charge in [0.15, 0.2) is 23.1 Å². The molecule has 146 valence electrons. The van der Waals surface area contributed by atoms with Crippen LogP contribution in [0.1, 0.15) is 25.5 Å². The molecule has 1 heterocycles. The molecular formula is C21H26FNO4. The minimum absolute atomic E-state index is 0.0138. The summed E-state index contributed by atoms with van der Waals surface area (Å²) in [5.74, 6) is 1.51. The fourth-order valence-electron chi connectivity index (χ4n) is 3.06. The molecule has 5 nitrogen and oxygen atoms in total. The Morgan fingerprint density at radius 1 is 1.11 bits per heavy atom. The summed E-state index contributed by atoms with van der Waals surface area (Å²) in [6.07, 6.45) is -0.761. The molecular weight excluding hydrogens is 349 g/mol. The van der Waals surface area contributed by atoms with E-state index in [0.29, 0.717) is 25.7 Å². The van der Waals surface area contributed by atoms with Gasteiger partial charge in [0.25, 0.3) is 0 Å². The van der Waals surface area contributed by atoms with Crippen LogP contribution >= 0.6 is 0 Å². The van der Waals surface area contributed by atoms with E-state index in [1.807, 2.05) is 18.2 Å². The summed E-state index contributed by atoms with van der Waals surface area (Å²) in [5.41, 5.74) is 1.07. The van der Waals surface area contributed by atoms with Crippen molar-refractivity contribution in [3.05, 3.63) is 53.8 Å². The fourth-order valence-corrected chi connectivity index (χ4v) is 3.06. The predicted octanol–water partition coefficient (Wildman–Crippen LogP) is 3.32. The van der Waals surface area contributed by atoms with E-state index in [1.165, 1.54) is 6.07 Å². The summed E-state index contributed by atoms with van der Waals surface area (Å²) in [7, 11) is 0. The molecule has 0 saturated carbocycles. The number of aliphatic hydroxyl groups excluding tert-OH is 1. The SMILES string of the molecule is CC(C)[C@@H](NC[C@H](O)COc1ccccc1F)c1ccc2c(c1)OCCO2. The molecule has 3 rings (SSSR count). The van der Waals surface area contributed by atoms with Gasteiger partial charge in [0.1, 0.15) is 25.9 Å². The Labute approximate surface area is 159 Å². The van der Waals surface area contributed by atoms with Crippen molar-refractivity contribution in [2.24, 2.45) is 5.92 Å². The first-order chi connectivity index (χ1) is 13.0. The minimum atomic E-state index is -0.761. The summed E-state index contributed by atoms with van der Waals surface area (Å²) < 4.78 is 30.2. The summed E-state index contributed by atoms with van der Waals surface area (Å²) in [4.78, 5) is 0. The molecule has 2 aromatic carbocycles. The number of rotatable bonds is 8. The van der Waals surface area contributed by atoms with Crippen LogP contribution in [0.5, 0.6) is 17.2 Å². The molecule has 2 atom stereocenters. The molecule has 0 aromatic heterocycles. The number of nitrogens with one attached hydrogen (secondary N) is 1. The topological polar surface area (TPSA) is 60.0 Å². The lowest BCUT2D eigenvalue weighted by atomic mass is 9.95. The number of halogens is 1. The third kappa shape index (κ3) is 5.11. The van der Waals surface area contributed by atoms with Crippen molar-refractivity contribution < 1.29 is 23.7 Å². The number of fused-ring (bicyclic) bond motifs is 1. The number of ether oxygens (including phenoxy) is 3. The van der Waals surface area contributed by atoms with Gasteiger partial charge in [-0.2, -0.15) is 0 Å². The third-order valence-electron chi connectivity index (χ3n) is 4.43. The van der Waals surface area contributed by atoms with Gasteiger partial charge in [-0.3, -0.25) is 0 Å². The first-order valence-corrected chi connectivity index (χ1v) is 9.23. The number of para-hydroxylation sites is 1. The molecule has 2 aromatic rings. The average molecular weight is 375 g/mol. The molecule has 1 aliphatic rings. The second-order valence-corrected chi connectivity index (χ2v) is 6.93. The number of benzene rings is 2. The maximum absolute atomic E-state index is 13.6. The molecule has 27 heavy (non-hydrogen) atoms. The van der Waals surface area contributed by atoms with Gasteiger partial charge >= 0.3 is 0 Å². The maximum atomic E-state index is 13.6. The van der Waals surface area contributed by atoms with E-state index in [2.05, 4.69) is 19.2 Å². The number of aliphatic hydroxyl groups is 1. The van der Waals surface area contributed by atoms with Crippen molar-refractivity contribution in [3.63, 3.8) is 0 Å².